The lowest BCUT2D eigenvalue weighted by atomic mass is 9.77. The highest BCUT2D eigenvalue weighted by molar-refractivity contribution is 6.30. The standard InChI is InChI=1S/C23H23ClN2O5/c24-17-9-10-22(20(13-17)26(29)30)31-14-15-5-7-16(8-6-15)23(28)25-12-11-21(27)18-3-1-2-4-19(18)25/h5-10,13,18-19H,1-4,11-12,14H2/t18-,19+/m0/s1. The number of nitrogens with zero attached hydrogens (tertiary/aromatic N) is 2. The number of benzene rings is 2. The van der Waals surface area contributed by atoms with Gasteiger partial charge in [-0.1, -0.05) is 36.6 Å². The number of carbonyl (C=O) groups is 2. The van der Waals surface area contributed by atoms with Gasteiger partial charge in [-0.2, -0.15) is 0 Å². The van der Waals surface area contributed by atoms with Gasteiger partial charge < -0.3 is 9.64 Å². The first-order valence-corrected chi connectivity index (χ1v) is 10.8. The van der Waals surface area contributed by atoms with E-state index in [0.717, 1.165) is 31.2 Å². The maximum atomic E-state index is 13.1. The molecule has 2 aromatic carbocycles. The Bertz CT molecular complexity index is 1010. The Balaban J connectivity index is 1.43. The van der Waals surface area contributed by atoms with Crippen molar-refractivity contribution in [1.82, 2.24) is 4.90 Å². The van der Waals surface area contributed by atoms with Crippen LogP contribution in [-0.4, -0.2) is 34.1 Å². The first-order valence-electron chi connectivity index (χ1n) is 10.4. The largest absolute Gasteiger partial charge is 0.482 e. The Morgan fingerprint density at radius 1 is 1.16 bits per heavy atom. The maximum Gasteiger partial charge on any atom is 0.312 e. The zero-order chi connectivity index (χ0) is 22.0. The van der Waals surface area contributed by atoms with Gasteiger partial charge in [-0.25, -0.2) is 0 Å². The molecule has 0 aromatic heterocycles. The number of hydrogen-bond donors (Lipinski definition) is 0. The number of rotatable bonds is 5. The Hall–Kier alpha value is -2.93. The van der Waals surface area contributed by atoms with E-state index in [-0.39, 0.29) is 46.7 Å². The van der Waals surface area contributed by atoms with Crippen LogP contribution in [0.4, 0.5) is 5.69 Å². The van der Waals surface area contributed by atoms with Crippen molar-refractivity contribution in [1.29, 1.82) is 0 Å². The Labute approximate surface area is 185 Å². The summed E-state index contributed by atoms with van der Waals surface area (Å²) < 4.78 is 5.61. The number of piperidine rings is 1. The van der Waals surface area contributed by atoms with Gasteiger partial charge in [0.15, 0.2) is 5.75 Å². The fourth-order valence-corrected chi connectivity index (χ4v) is 4.69. The molecule has 1 aliphatic heterocycles. The molecule has 1 amide bonds. The molecule has 2 aliphatic rings. The van der Waals surface area contributed by atoms with Crippen LogP contribution in [0.5, 0.6) is 5.75 Å². The fraction of sp³-hybridized carbons (Fsp3) is 0.391. The quantitative estimate of drug-likeness (QED) is 0.490. The zero-order valence-corrected chi connectivity index (χ0v) is 17.7. The van der Waals surface area contributed by atoms with Gasteiger partial charge in [-0.05, 0) is 42.7 Å². The number of halogens is 1. The minimum absolute atomic E-state index is 0.0102. The van der Waals surface area contributed by atoms with Crippen molar-refractivity contribution in [3.8, 4) is 5.75 Å². The Morgan fingerprint density at radius 3 is 2.65 bits per heavy atom. The van der Waals surface area contributed by atoms with E-state index in [4.69, 9.17) is 16.3 Å². The molecular weight excluding hydrogens is 420 g/mol. The second kappa shape index (κ2) is 9.06. The summed E-state index contributed by atoms with van der Waals surface area (Å²) in [6, 6.07) is 11.3. The number of likely N-dealkylation sites (tertiary alicyclic amines) is 1. The molecule has 162 valence electrons. The van der Waals surface area contributed by atoms with E-state index >= 15 is 0 Å². The van der Waals surface area contributed by atoms with Gasteiger partial charge in [0.1, 0.15) is 12.4 Å². The lowest BCUT2D eigenvalue weighted by molar-refractivity contribution is -0.385. The molecule has 0 spiro atoms. The first kappa shape index (κ1) is 21.3. The number of Topliss-reactive ketones (excluding diaryl/α,β-unsaturated/α-hetero) is 1. The smallest absolute Gasteiger partial charge is 0.312 e. The molecule has 0 N–H and O–H groups in total. The van der Waals surface area contributed by atoms with Crippen LogP contribution < -0.4 is 4.74 Å². The molecule has 8 heteroatoms. The molecular formula is C23H23ClN2O5. The number of nitro benzene ring substituents is 1. The second-order valence-electron chi connectivity index (χ2n) is 8.03. The van der Waals surface area contributed by atoms with E-state index in [2.05, 4.69) is 0 Å². The van der Waals surface area contributed by atoms with Crippen LogP contribution in [0.3, 0.4) is 0 Å². The van der Waals surface area contributed by atoms with Crippen molar-refractivity contribution < 1.29 is 19.2 Å². The summed E-state index contributed by atoms with van der Waals surface area (Å²) in [6.45, 7) is 0.601. The third kappa shape index (κ3) is 4.56. The number of fused-ring (bicyclic) bond motifs is 1. The minimum Gasteiger partial charge on any atom is -0.482 e. The van der Waals surface area contributed by atoms with Crippen LogP contribution in [0, 0.1) is 16.0 Å². The van der Waals surface area contributed by atoms with Crippen LogP contribution in [0.25, 0.3) is 0 Å². The fourth-order valence-electron chi connectivity index (χ4n) is 4.52. The zero-order valence-electron chi connectivity index (χ0n) is 17.0. The highest BCUT2D eigenvalue weighted by atomic mass is 35.5. The highest BCUT2D eigenvalue weighted by Gasteiger charge is 2.40. The molecule has 1 heterocycles. The summed E-state index contributed by atoms with van der Waals surface area (Å²) in [5, 5.41) is 11.4. The first-order chi connectivity index (χ1) is 14.9. The normalized spacial score (nSPS) is 20.8. The number of ether oxygens (including phenoxy) is 1. The van der Waals surface area contributed by atoms with E-state index in [9.17, 15) is 19.7 Å². The number of ketones is 1. The van der Waals surface area contributed by atoms with Crippen molar-refractivity contribution in [2.45, 2.75) is 44.8 Å². The number of carbonyl (C=O) groups excluding carboxylic acids is 2. The minimum atomic E-state index is -0.537. The molecule has 1 aliphatic carbocycles. The SMILES string of the molecule is O=C1CCN(C(=O)c2ccc(COc3ccc(Cl)cc3[N+](=O)[O-])cc2)[C@@H]2CCCC[C@H]12. The van der Waals surface area contributed by atoms with Gasteiger partial charge >= 0.3 is 5.69 Å². The van der Waals surface area contributed by atoms with Crippen LogP contribution in [-0.2, 0) is 11.4 Å². The van der Waals surface area contributed by atoms with E-state index in [0.29, 0.717) is 18.5 Å². The molecule has 1 saturated heterocycles. The Morgan fingerprint density at radius 2 is 1.90 bits per heavy atom. The molecule has 7 nitrogen and oxygen atoms in total. The summed E-state index contributed by atoms with van der Waals surface area (Å²) >= 11 is 5.83. The predicted molar refractivity (Wildman–Crippen MR) is 115 cm³/mol. The van der Waals surface area contributed by atoms with E-state index in [1.54, 1.807) is 24.3 Å². The molecule has 4 rings (SSSR count). The van der Waals surface area contributed by atoms with Gasteiger partial charge in [0.2, 0.25) is 0 Å². The molecule has 1 saturated carbocycles. The van der Waals surface area contributed by atoms with E-state index in [1.807, 2.05) is 4.90 Å². The van der Waals surface area contributed by atoms with Gasteiger partial charge in [0.25, 0.3) is 5.91 Å². The summed E-state index contributed by atoms with van der Waals surface area (Å²) in [4.78, 5) is 37.9. The predicted octanol–water partition coefficient (Wildman–Crippen LogP) is 4.80. The molecule has 2 fully saturated rings. The third-order valence-electron chi connectivity index (χ3n) is 6.12. The van der Waals surface area contributed by atoms with Gasteiger partial charge in [0.05, 0.1) is 4.92 Å². The lowest BCUT2D eigenvalue weighted by Crippen LogP contribution is -2.53. The topological polar surface area (TPSA) is 89.8 Å². The number of amides is 1. The van der Waals surface area contributed by atoms with Crippen molar-refractivity contribution in [3.05, 3.63) is 68.7 Å². The molecule has 0 bridgehead atoms. The van der Waals surface area contributed by atoms with Crippen molar-refractivity contribution in [2.75, 3.05) is 6.54 Å². The average Bonchev–Trinajstić information content (AvgIpc) is 2.78. The van der Waals surface area contributed by atoms with Gasteiger partial charge in [0, 0.05) is 41.6 Å². The summed E-state index contributed by atoms with van der Waals surface area (Å²) in [6.07, 6.45) is 4.29. The van der Waals surface area contributed by atoms with Gasteiger partial charge in [-0.15, -0.1) is 0 Å². The second-order valence-corrected chi connectivity index (χ2v) is 8.46. The maximum absolute atomic E-state index is 13.1. The van der Waals surface area contributed by atoms with Crippen molar-refractivity contribution >= 4 is 29.0 Å². The number of hydrogen-bond acceptors (Lipinski definition) is 5. The monoisotopic (exact) mass is 442 g/mol. The molecule has 2 aromatic rings. The van der Waals surface area contributed by atoms with E-state index in [1.165, 1.54) is 18.2 Å². The highest BCUT2D eigenvalue weighted by Crippen LogP contribution is 2.34. The molecule has 31 heavy (non-hydrogen) atoms. The van der Waals surface area contributed by atoms with E-state index < -0.39 is 4.92 Å². The van der Waals surface area contributed by atoms with Crippen LogP contribution >= 0.6 is 11.6 Å². The summed E-state index contributed by atoms with van der Waals surface area (Å²) in [7, 11) is 0. The third-order valence-corrected chi connectivity index (χ3v) is 6.35. The van der Waals surface area contributed by atoms with Crippen LogP contribution in [0.2, 0.25) is 5.02 Å². The summed E-state index contributed by atoms with van der Waals surface area (Å²) in [5.74, 6) is 0.355. The van der Waals surface area contributed by atoms with Crippen molar-refractivity contribution in [2.24, 2.45) is 5.92 Å². The molecule has 0 radical (unpaired) electrons. The lowest BCUT2D eigenvalue weighted by Gasteiger charge is -2.43. The van der Waals surface area contributed by atoms with Gasteiger partial charge in [-0.3, -0.25) is 19.7 Å². The Kier molecular flexibility index (Phi) is 6.23. The van der Waals surface area contributed by atoms with Crippen LogP contribution in [0.15, 0.2) is 42.5 Å². The average molecular weight is 443 g/mol. The van der Waals surface area contributed by atoms with Crippen LogP contribution in [0.1, 0.15) is 48.0 Å². The van der Waals surface area contributed by atoms with Crippen molar-refractivity contribution in [3.63, 3.8) is 0 Å². The molecule has 2 atom stereocenters. The number of nitro groups is 1. The molecule has 0 unspecified atom stereocenters. The summed E-state index contributed by atoms with van der Waals surface area (Å²) in [5.41, 5.74) is 1.16.